The van der Waals surface area contributed by atoms with E-state index in [4.69, 9.17) is 11.6 Å². The molecule has 0 saturated heterocycles. The lowest BCUT2D eigenvalue weighted by Crippen LogP contribution is -1.96. The maximum atomic E-state index is 5.96. The SMILES string of the molecule is CC1=CC(c2cccc(Cl)c2)C=CC1. The second kappa shape index (κ2) is 4.02. The van der Waals surface area contributed by atoms with E-state index < -0.39 is 0 Å². The van der Waals surface area contributed by atoms with E-state index in [9.17, 15) is 0 Å². The Morgan fingerprint density at radius 3 is 2.93 bits per heavy atom. The van der Waals surface area contributed by atoms with E-state index in [1.807, 2.05) is 18.2 Å². The highest BCUT2D eigenvalue weighted by atomic mass is 35.5. The van der Waals surface area contributed by atoms with Crippen molar-refractivity contribution in [3.8, 4) is 0 Å². The number of hydrogen-bond donors (Lipinski definition) is 0. The Hall–Kier alpha value is -1.01. The topological polar surface area (TPSA) is 0 Å². The van der Waals surface area contributed by atoms with E-state index >= 15 is 0 Å². The van der Waals surface area contributed by atoms with Crippen LogP contribution >= 0.6 is 11.6 Å². The summed E-state index contributed by atoms with van der Waals surface area (Å²) in [6.07, 6.45) is 7.84. The second-order valence-corrected chi connectivity index (χ2v) is 4.16. The third-order valence-electron chi connectivity index (χ3n) is 2.48. The van der Waals surface area contributed by atoms with Crippen molar-refractivity contribution < 1.29 is 0 Å². The highest BCUT2D eigenvalue weighted by Gasteiger charge is 2.08. The van der Waals surface area contributed by atoms with Crippen LogP contribution in [0.25, 0.3) is 0 Å². The first kappa shape index (κ1) is 9.54. The lowest BCUT2D eigenvalue weighted by Gasteiger charge is -2.14. The summed E-state index contributed by atoms with van der Waals surface area (Å²) in [5.74, 6) is 0.405. The first-order valence-electron chi connectivity index (χ1n) is 4.85. The molecule has 0 aromatic heterocycles. The number of rotatable bonds is 1. The molecule has 1 aliphatic rings. The molecule has 0 amide bonds. The Morgan fingerprint density at radius 1 is 1.36 bits per heavy atom. The number of hydrogen-bond acceptors (Lipinski definition) is 0. The summed E-state index contributed by atoms with van der Waals surface area (Å²) in [5.41, 5.74) is 2.70. The van der Waals surface area contributed by atoms with Gasteiger partial charge in [0.05, 0.1) is 0 Å². The van der Waals surface area contributed by atoms with Crippen LogP contribution in [-0.2, 0) is 0 Å². The zero-order chi connectivity index (χ0) is 9.97. The van der Waals surface area contributed by atoms with E-state index in [1.165, 1.54) is 11.1 Å². The normalized spacial score (nSPS) is 20.7. The molecule has 0 radical (unpaired) electrons. The van der Waals surface area contributed by atoms with Gasteiger partial charge in [-0.05, 0) is 31.0 Å². The summed E-state index contributed by atoms with van der Waals surface area (Å²) in [4.78, 5) is 0. The molecule has 0 spiro atoms. The van der Waals surface area contributed by atoms with Gasteiger partial charge in [0.1, 0.15) is 0 Å². The van der Waals surface area contributed by atoms with E-state index in [0.29, 0.717) is 5.92 Å². The molecule has 1 aromatic rings. The predicted octanol–water partition coefficient (Wildman–Crippen LogP) is 4.33. The standard InChI is InChI=1S/C13H13Cl/c1-10-4-2-5-11(8-10)12-6-3-7-13(14)9-12/h2-3,5-9,11H,4H2,1H3. The monoisotopic (exact) mass is 204 g/mol. The fourth-order valence-corrected chi connectivity index (χ4v) is 1.95. The molecular weight excluding hydrogens is 192 g/mol. The van der Waals surface area contributed by atoms with E-state index in [2.05, 4.69) is 31.2 Å². The van der Waals surface area contributed by atoms with Crippen LogP contribution < -0.4 is 0 Å². The molecule has 0 heterocycles. The molecular formula is C13H13Cl. The highest BCUT2D eigenvalue weighted by molar-refractivity contribution is 6.30. The molecule has 0 N–H and O–H groups in total. The molecule has 14 heavy (non-hydrogen) atoms. The first-order valence-corrected chi connectivity index (χ1v) is 5.23. The Labute approximate surface area is 89.9 Å². The van der Waals surface area contributed by atoms with Crippen LogP contribution in [0.2, 0.25) is 5.02 Å². The molecule has 1 heteroatoms. The third kappa shape index (κ3) is 2.08. The van der Waals surface area contributed by atoms with Crippen LogP contribution in [0.5, 0.6) is 0 Å². The van der Waals surface area contributed by atoms with Crippen molar-refractivity contribution in [1.82, 2.24) is 0 Å². The molecule has 0 aliphatic heterocycles. The quantitative estimate of drug-likeness (QED) is 0.598. The van der Waals surface area contributed by atoms with E-state index in [0.717, 1.165) is 11.4 Å². The van der Waals surface area contributed by atoms with Crippen LogP contribution in [0, 0.1) is 0 Å². The van der Waals surface area contributed by atoms with Gasteiger partial charge in [0.25, 0.3) is 0 Å². The summed E-state index contributed by atoms with van der Waals surface area (Å²) in [6, 6.07) is 8.07. The smallest absolute Gasteiger partial charge is 0.0409 e. The number of allylic oxidation sites excluding steroid dienone is 4. The van der Waals surface area contributed by atoms with Gasteiger partial charge in [0.2, 0.25) is 0 Å². The largest absolute Gasteiger partial charge is 0.0843 e. The molecule has 0 saturated carbocycles. The minimum Gasteiger partial charge on any atom is -0.0843 e. The average molecular weight is 205 g/mol. The Balaban J connectivity index is 2.31. The van der Waals surface area contributed by atoms with Gasteiger partial charge in [0, 0.05) is 10.9 Å². The summed E-state index contributed by atoms with van der Waals surface area (Å²) >= 11 is 5.96. The minimum absolute atomic E-state index is 0.405. The average Bonchev–Trinajstić information content (AvgIpc) is 2.18. The van der Waals surface area contributed by atoms with Crippen molar-refractivity contribution in [2.45, 2.75) is 19.3 Å². The lowest BCUT2D eigenvalue weighted by molar-refractivity contribution is 0.993. The zero-order valence-electron chi connectivity index (χ0n) is 8.20. The van der Waals surface area contributed by atoms with Crippen molar-refractivity contribution in [2.75, 3.05) is 0 Å². The Bertz CT molecular complexity index is 388. The molecule has 1 atom stereocenters. The first-order chi connectivity index (χ1) is 6.75. The van der Waals surface area contributed by atoms with Gasteiger partial charge in [-0.1, -0.05) is 47.5 Å². The van der Waals surface area contributed by atoms with Gasteiger partial charge in [-0.25, -0.2) is 0 Å². The van der Waals surface area contributed by atoms with E-state index in [1.54, 1.807) is 0 Å². The third-order valence-corrected chi connectivity index (χ3v) is 2.72. The fourth-order valence-electron chi connectivity index (χ4n) is 1.75. The molecule has 1 aliphatic carbocycles. The predicted molar refractivity (Wildman–Crippen MR) is 61.7 cm³/mol. The van der Waals surface area contributed by atoms with Crippen molar-refractivity contribution in [3.05, 3.63) is 58.7 Å². The summed E-state index contributed by atoms with van der Waals surface area (Å²) in [7, 11) is 0. The number of benzene rings is 1. The second-order valence-electron chi connectivity index (χ2n) is 3.73. The van der Waals surface area contributed by atoms with Gasteiger partial charge >= 0.3 is 0 Å². The minimum atomic E-state index is 0.405. The maximum Gasteiger partial charge on any atom is 0.0409 e. The van der Waals surface area contributed by atoms with Crippen LogP contribution in [0.4, 0.5) is 0 Å². The van der Waals surface area contributed by atoms with Gasteiger partial charge in [0.15, 0.2) is 0 Å². The van der Waals surface area contributed by atoms with Crippen LogP contribution in [0.3, 0.4) is 0 Å². The maximum absolute atomic E-state index is 5.96. The van der Waals surface area contributed by atoms with Crippen molar-refractivity contribution >= 4 is 11.6 Å². The fraction of sp³-hybridized carbons (Fsp3) is 0.231. The lowest BCUT2D eigenvalue weighted by atomic mass is 9.92. The summed E-state index contributed by atoms with van der Waals surface area (Å²) in [6.45, 7) is 2.17. The molecule has 2 rings (SSSR count). The van der Waals surface area contributed by atoms with Crippen LogP contribution in [-0.4, -0.2) is 0 Å². The molecule has 0 fully saturated rings. The van der Waals surface area contributed by atoms with Gasteiger partial charge in [-0.2, -0.15) is 0 Å². The molecule has 0 nitrogen and oxygen atoms in total. The molecule has 72 valence electrons. The number of halogens is 1. The zero-order valence-corrected chi connectivity index (χ0v) is 8.96. The van der Waals surface area contributed by atoms with Crippen LogP contribution in [0.1, 0.15) is 24.8 Å². The Kier molecular flexibility index (Phi) is 2.74. The van der Waals surface area contributed by atoms with E-state index in [-0.39, 0.29) is 0 Å². The Morgan fingerprint density at radius 2 is 2.21 bits per heavy atom. The van der Waals surface area contributed by atoms with Gasteiger partial charge < -0.3 is 0 Å². The van der Waals surface area contributed by atoms with Crippen molar-refractivity contribution in [2.24, 2.45) is 0 Å². The molecule has 1 aromatic carbocycles. The molecule has 1 unspecified atom stereocenters. The van der Waals surface area contributed by atoms with Gasteiger partial charge in [-0.3, -0.25) is 0 Å². The summed E-state index contributed by atoms with van der Waals surface area (Å²) in [5, 5.41) is 0.813. The van der Waals surface area contributed by atoms with Crippen molar-refractivity contribution in [1.29, 1.82) is 0 Å². The van der Waals surface area contributed by atoms with Crippen molar-refractivity contribution in [3.63, 3.8) is 0 Å². The van der Waals surface area contributed by atoms with Crippen LogP contribution in [0.15, 0.2) is 48.1 Å². The molecule has 0 bridgehead atoms. The summed E-state index contributed by atoms with van der Waals surface area (Å²) < 4.78 is 0. The van der Waals surface area contributed by atoms with Gasteiger partial charge in [-0.15, -0.1) is 0 Å². The highest BCUT2D eigenvalue weighted by Crippen LogP contribution is 2.27.